The van der Waals surface area contributed by atoms with Gasteiger partial charge in [-0.15, -0.1) is 0 Å². The van der Waals surface area contributed by atoms with E-state index in [-0.39, 0.29) is 11.9 Å². The predicted molar refractivity (Wildman–Crippen MR) is 81.6 cm³/mol. The zero-order chi connectivity index (χ0) is 14.4. The second-order valence-electron chi connectivity index (χ2n) is 6.11. The van der Waals surface area contributed by atoms with Crippen molar-refractivity contribution in [2.75, 3.05) is 19.6 Å². The molecule has 2 saturated heterocycles. The largest absolute Gasteiger partial charge is 0.463 e. The number of rotatable bonds is 2. The summed E-state index contributed by atoms with van der Waals surface area (Å²) in [5.41, 5.74) is 1.34. The van der Waals surface area contributed by atoms with Gasteiger partial charge in [-0.2, -0.15) is 0 Å². The zero-order valence-corrected chi connectivity index (χ0v) is 12.4. The van der Waals surface area contributed by atoms with Gasteiger partial charge in [-0.1, -0.05) is 11.6 Å². The van der Waals surface area contributed by atoms with E-state index in [1.165, 1.54) is 25.8 Å². The first-order valence-corrected chi connectivity index (χ1v) is 7.77. The van der Waals surface area contributed by atoms with Gasteiger partial charge in [0.15, 0.2) is 0 Å². The summed E-state index contributed by atoms with van der Waals surface area (Å²) in [5, 5.41) is 4.49. The van der Waals surface area contributed by atoms with Gasteiger partial charge in [0.2, 0.25) is 0 Å². The van der Waals surface area contributed by atoms with Gasteiger partial charge in [-0.05, 0) is 43.5 Å². The van der Waals surface area contributed by atoms with Crippen LogP contribution in [0.5, 0.6) is 0 Å². The van der Waals surface area contributed by atoms with E-state index in [0.717, 1.165) is 24.3 Å². The topological polar surface area (TPSA) is 45.5 Å². The number of piperidine rings is 1. The molecule has 4 nitrogen and oxygen atoms in total. The minimum absolute atomic E-state index is 0.0262. The first kappa shape index (κ1) is 13.2. The molecule has 3 heterocycles. The van der Waals surface area contributed by atoms with Crippen LogP contribution in [-0.4, -0.2) is 36.5 Å². The SMILES string of the molecule is O=C(N[C@@H]1C[C@@H]2CCN(C2)C1)c1ccc2occ(Cl)c2c1. The third-order valence-electron chi connectivity index (χ3n) is 4.59. The molecule has 1 amide bonds. The normalized spacial score (nSPS) is 28.0. The second-order valence-corrected chi connectivity index (χ2v) is 6.52. The van der Waals surface area contributed by atoms with E-state index in [2.05, 4.69) is 10.2 Å². The quantitative estimate of drug-likeness (QED) is 0.928. The van der Waals surface area contributed by atoms with Gasteiger partial charge < -0.3 is 14.6 Å². The highest BCUT2D eigenvalue weighted by atomic mass is 35.5. The van der Waals surface area contributed by atoms with Crippen LogP contribution in [0.2, 0.25) is 5.02 Å². The van der Waals surface area contributed by atoms with Crippen LogP contribution in [0.1, 0.15) is 23.2 Å². The molecular formula is C16H17ClN2O2. The van der Waals surface area contributed by atoms with Crippen molar-refractivity contribution in [1.82, 2.24) is 10.2 Å². The van der Waals surface area contributed by atoms with Crippen molar-refractivity contribution in [2.24, 2.45) is 5.92 Å². The Morgan fingerprint density at radius 1 is 1.38 bits per heavy atom. The summed E-state index contributed by atoms with van der Waals surface area (Å²) in [6.45, 7) is 3.34. The molecule has 2 aliphatic rings. The lowest BCUT2D eigenvalue weighted by Gasteiger charge is -2.30. The average Bonchev–Trinajstić information content (AvgIpc) is 3.02. The lowest BCUT2D eigenvalue weighted by Crippen LogP contribution is -2.47. The fraction of sp³-hybridized carbons (Fsp3) is 0.438. The molecule has 1 N–H and O–H groups in total. The van der Waals surface area contributed by atoms with Crippen LogP contribution in [0.25, 0.3) is 11.0 Å². The molecule has 21 heavy (non-hydrogen) atoms. The fourth-order valence-electron chi connectivity index (χ4n) is 3.57. The third kappa shape index (κ3) is 2.43. The van der Waals surface area contributed by atoms with Gasteiger partial charge in [0.1, 0.15) is 11.8 Å². The zero-order valence-electron chi connectivity index (χ0n) is 11.6. The van der Waals surface area contributed by atoms with Gasteiger partial charge in [-0.25, -0.2) is 0 Å². The number of furan rings is 1. The number of nitrogens with zero attached hydrogens (tertiary/aromatic N) is 1. The molecule has 4 rings (SSSR count). The Bertz CT molecular complexity index is 685. The van der Waals surface area contributed by atoms with Crippen molar-refractivity contribution in [3.63, 3.8) is 0 Å². The maximum atomic E-state index is 12.4. The standard InChI is InChI=1S/C16H17ClN2O2/c17-14-9-21-15-2-1-11(6-13(14)15)16(20)18-12-5-10-3-4-19(7-10)8-12/h1-2,6,9-10,12H,3-5,7-8H2,(H,18,20)/t10-,12+/m0/s1. The first-order chi connectivity index (χ1) is 10.2. The minimum Gasteiger partial charge on any atom is -0.463 e. The van der Waals surface area contributed by atoms with E-state index >= 15 is 0 Å². The van der Waals surface area contributed by atoms with E-state index < -0.39 is 0 Å². The second kappa shape index (κ2) is 5.04. The van der Waals surface area contributed by atoms with E-state index in [9.17, 15) is 4.79 Å². The molecule has 1 unspecified atom stereocenters. The van der Waals surface area contributed by atoms with E-state index in [1.807, 2.05) is 0 Å². The molecule has 1 aromatic carbocycles. The van der Waals surface area contributed by atoms with Crippen molar-refractivity contribution < 1.29 is 9.21 Å². The van der Waals surface area contributed by atoms with Crippen molar-refractivity contribution >= 4 is 28.5 Å². The van der Waals surface area contributed by atoms with Crippen LogP contribution in [-0.2, 0) is 0 Å². The minimum atomic E-state index is -0.0262. The molecule has 0 spiro atoms. The molecule has 3 atom stereocenters. The molecule has 0 radical (unpaired) electrons. The number of carbonyl (C=O) groups excluding carboxylic acids is 1. The van der Waals surface area contributed by atoms with Gasteiger partial charge in [0.05, 0.1) is 5.02 Å². The van der Waals surface area contributed by atoms with Gasteiger partial charge in [-0.3, -0.25) is 4.79 Å². The predicted octanol–water partition coefficient (Wildman–Crippen LogP) is 2.91. The summed E-state index contributed by atoms with van der Waals surface area (Å²) in [6.07, 6.45) is 3.86. The number of hydrogen-bond donors (Lipinski definition) is 1. The van der Waals surface area contributed by atoms with Crippen LogP contribution < -0.4 is 5.32 Å². The molecule has 0 saturated carbocycles. The Morgan fingerprint density at radius 2 is 2.29 bits per heavy atom. The third-order valence-corrected chi connectivity index (χ3v) is 4.88. The van der Waals surface area contributed by atoms with E-state index in [1.54, 1.807) is 18.2 Å². The number of nitrogens with one attached hydrogen (secondary N) is 1. The van der Waals surface area contributed by atoms with Crippen molar-refractivity contribution in [3.8, 4) is 0 Å². The Balaban J connectivity index is 1.52. The molecule has 110 valence electrons. The average molecular weight is 305 g/mol. The van der Waals surface area contributed by atoms with Crippen LogP contribution in [0, 0.1) is 5.92 Å². The van der Waals surface area contributed by atoms with Gasteiger partial charge >= 0.3 is 0 Å². The molecule has 0 aliphatic carbocycles. The maximum Gasteiger partial charge on any atom is 0.251 e. The lowest BCUT2D eigenvalue weighted by atomic mass is 9.96. The molecule has 1 aromatic heterocycles. The van der Waals surface area contributed by atoms with Gasteiger partial charge in [0, 0.05) is 30.1 Å². The molecule has 5 heteroatoms. The van der Waals surface area contributed by atoms with E-state index in [0.29, 0.717) is 16.2 Å². The Morgan fingerprint density at radius 3 is 3.14 bits per heavy atom. The molecular weight excluding hydrogens is 288 g/mol. The molecule has 2 aromatic rings. The fourth-order valence-corrected chi connectivity index (χ4v) is 3.76. The number of hydrogen-bond acceptors (Lipinski definition) is 3. The number of carbonyl (C=O) groups is 1. The van der Waals surface area contributed by atoms with Gasteiger partial charge in [0.25, 0.3) is 5.91 Å². The van der Waals surface area contributed by atoms with Crippen molar-refractivity contribution in [1.29, 1.82) is 0 Å². The van der Waals surface area contributed by atoms with E-state index in [4.69, 9.17) is 16.0 Å². The maximum absolute atomic E-state index is 12.4. The first-order valence-electron chi connectivity index (χ1n) is 7.39. The smallest absolute Gasteiger partial charge is 0.251 e. The summed E-state index contributed by atoms with van der Waals surface area (Å²) in [6, 6.07) is 5.64. The highest BCUT2D eigenvalue weighted by Gasteiger charge is 2.32. The molecule has 2 bridgehead atoms. The van der Waals surface area contributed by atoms with Crippen LogP contribution in [0.15, 0.2) is 28.9 Å². The number of benzene rings is 1. The highest BCUT2D eigenvalue weighted by Crippen LogP contribution is 2.28. The lowest BCUT2D eigenvalue weighted by molar-refractivity contribution is 0.0909. The Hall–Kier alpha value is -1.52. The highest BCUT2D eigenvalue weighted by molar-refractivity contribution is 6.35. The Kier molecular flexibility index (Phi) is 3.16. The molecule has 2 aliphatic heterocycles. The monoisotopic (exact) mass is 304 g/mol. The number of amides is 1. The summed E-state index contributed by atoms with van der Waals surface area (Å²) in [7, 11) is 0. The molecule has 2 fully saturated rings. The van der Waals surface area contributed by atoms with Crippen molar-refractivity contribution in [3.05, 3.63) is 35.0 Å². The van der Waals surface area contributed by atoms with Crippen LogP contribution in [0.4, 0.5) is 0 Å². The number of halogens is 1. The van der Waals surface area contributed by atoms with Crippen LogP contribution in [0.3, 0.4) is 0 Å². The van der Waals surface area contributed by atoms with Crippen LogP contribution >= 0.6 is 11.6 Å². The summed E-state index contributed by atoms with van der Waals surface area (Å²) >= 11 is 6.06. The summed E-state index contributed by atoms with van der Waals surface area (Å²) in [4.78, 5) is 14.9. The summed E-state index contributed by atoms with van der Waals surface area (Å²) in [5.74, 6) is 0.719. The Labute approximate surface area is 128 Å². The number of fused-ring (bicyclic) bond motifs is 3. The summed E-state index contributed by atoms with van der Waals surface area (Å²) < 4.78 is 5.30. The van der Waals surface area contributed by atoms with Crippen molar-refractivity contribution in [2.45, 2.75) is 18.9 Å².